The minimum absolute atomic E-state index is 0.160. The van der Waals surface area contributed by atoms with Gasteiger partial charge in [-0.05, 0) is 35.6 Å². The number of Topliss-reactive ketones (excluding diaryl/α,β-unsaturated/α-hetero) is 1. The number of morpholine rings is 1. The van der Waals surface area contributed by atoms with Crippen molar-refractivity contribution in [2.24, 2.45) is 11.7 Å². The number of hydrogen-bond acceptors (Lipinski definition) is 11. The monoisotopic (exact) mass is 617 g/mol. The molecule has 5 unspecified atom stereocenters. The van der Waals surface area contributed by atoms with E-state index < -0.39 is 53.3 Å². The van der Waals surface area contributed by atoms with Crippen molar-refractivity contribution in [2.45, 2.75) is 77.7 Å². The van der Waals surface area contributed by atoms with Crippen LogP contribution in [-0.4, -0.2) is 92.9 Å². The lowest BCUT2D eigenvalue weighted by Gasteiger charge is -2.43. The molecule has 3 aliphatic heterocycles. The van der Waals surface area contributed by atoms with Crippen LogP contribution >= 0.6 is 0 Å². The zero-order chi connectivity index (χ0) is 31.7. The second-order valence-electron chi connectivity index (χ2n) is 12.0. The van der Waals surface area contributed by atoms with Crippen molar-refractivity contribution in [1.29, 1.82) is 0 Å². The quantitative estimate of drug-likeness (QED) is 0.280. The van der Waals surface area contributed by atoms with Gasteiger partial charge >= 0.3 is 12.1 Å². The minimum atomic E-state index is -5.30. The van der Waals surface area contributed by atoms with E-state index in [1.165, 1.54) is 5.01 Å². The average molecular weight is 618 g/mol. The fourth-order valence-electron chi connectivity index (χ4n) is 5.95. The highest BCUT2D eigenvalue weighted by Crippen LogP contribution is 2.41. The van der Waals surface area contributed by atoms with Gasteiger partial charge in [-0.3, -0.25) is 10.5 Å². The Hall–Kier alpha value is -2.53. The number of benzene rings is 1. The molecule has 242 valence electrons. The number of carbonyl (C=O) groups is 2. The molecule has 3 fully saturated rings. The number of anilines is 1. The van der Waals surface area contributed by atoms with Gasteiger partial charge < -0.3 is 19.1 Å². The van der Waals surface area contributed by atoms with E-state index in [1.54, 1.807) is 19.2 Å². The summed E-state index contributed by atoms with van der Waals surface area (Å²) in [6, 6.07) is 3.37. The minimum Gasteiger partial charge on any atom is -0.494 e. The third-order valence-electron chi connectivity index (χ3n) is 8.15. The van der Waals surface area contributed by atoms with Crippen LogP contribution in [0.15, 0.2) is 12.1 Å². The van der Waals surface area contributed by atoms with Crippen molar-refractivity contribution in [1.82, 2.24) is 15.9 Å². The molecular formula is C28H44F3N6O6+. The van der Waals surface area contributed by atoms with Crippen LogP contribution in [0.3, 0.4) is 0 Å². The summed E-state index contributed by atoms with van der Waals surface area (Å²) >= 11 is 0. The van der Waals surface area contributed by atoms with Crippen molar-refractivity contribution in [3.63, 3.8) is 0 Å². The Labute approximate surface area is 250 Å². The largest absolute Gasteiger partial charge is 0.497 e. The number of carbonyl (C=O) groups excluding carboxylic acids is 2. The van der Waals surface area contributed by atoms with Crippen LogP contribution in [0.2, 0.25) is 0 Å². The SMILES string of the molecule is CCOC1NN2C(N)N[N+](CC(=O)c3cc(N4CCOCC4)c(OC)c(C(C)(C)C)c3)(OC(=O)C(F)(F)F)C2CC1CC. The van der Waals surface area contributed by atoms with E-state index >= 15 is 0 Å². The number of ketones is 1. The van der Waals surface area contributed by atoms with E-state index in [4.69, 9.17) is 24.8 Å². The van der Waals surface area contributed by atoms with Gasteiger partial charge in [0.05, 0.1) is 26.0 Å². The number of nitrogens with one attached hydrogen (secondary N) is 2. The number of ether oxygens (including phenoxy) is 3. The third kappa shape index (κ3) is 6.92. The van der Waals surface area contributed by atoms with Crippen molar-refractivity contribution in [3.8, 4) is 5.75 Å². The molecule has 0 saturated carbocycles. The second kappa shape index (κ2) is 12.8. The average Bonchev–Trinajstić information content (AvgIpc) is 3.20. The summed E-state index contributed by atoms with van der Waals surface area (Å²) in [5.74, 6) is -2.53. The predicted molar refractivity (Wildman–Crippen MR) is 150 cm³/mol. The van der Waals surface area contributed by atoms with E-state index in [0.29, 0.717) is 50.8 Å². The topological polar surface area (TPSA) is 128 Å². The highest BCUT2D eigenvalue weighted by molar-refractivity contribution is 5.99. The number of hydroxylamine groups is 2. The maximum atomic E-state index is 14.1. The Morgan fingerprint density at radius 3 is 2.40 bits per heavy atom. The smallest absolute Gasteiger partial charge is 0.494 e. The summed E-state index contributed by atoms with van der Waals surface area (Å²) in [6.45, 7) is 11.6. The van der Waals surface area contributed by atoms with Crippen LogP contribution in [0, 0.1) is 5.92 Å². The molecular weight excluding hydrogens is 573 g/mol. The number of hydrogen-bond donors (Lipinski definition) is 3. The first-order valence-electron chi connectivity index (χ1n) is 14.6. The van der Waals surface area contributed by atoms with Gasteiger partial charge in [0, 0.05) is 43.2 Å². The summed E-state index contributed by atoms with van der Waals surface area (Å²) in [4.78, 5) is 33.7. The van der Waals surface area contributed by atoms with E-state index in [1.807, 2.05) is 34.6 Å². The Morgan fingerprint density at radius 1 is 1.16 bits per heavy atom. The fraction of sp³-hybridized carbons (Fsp3) is 0.714. The van der Waals surface area contributed by atoms with Crippen LogP contribution in [0.25, 0.3) is 0 Å². The highest BCUT2D eigenvalue weighted by atomic mass is 19.4. The first-order chi connectivity index (χ1) is 20.1. The van der Waals surface area contributed by atoms with E-state index in [2.05, 4.69) is 15.8 Å². The molecule has 0 amide bonds. The molecule has 1 aromatic rings. The van der Waals surface area contributed by atoms with Crippen LogP contribution in [0.1, 0.15) is 63.4 Å². The lowest BCUT2D eigenvalue weighted by Crippen LogP contribution is -2.68. The second-order valence-corrected chi connectivity index (χ2v) is 12.0. The molecule has 12 nitrogen and oxygen atoms in total. The van der Waals surface area contributed by atoms with E-state index in [9.17, 15) is 22.8 Å². The van der Waals surface area contributed by atoms with Crippen molar-refractivity contribution in [2.75, 3.05) is 51.5 Å². The molecule has 0 aromatic heterocycles. The molecule has 4 rings (SSSR count). The van der Waals surface area contributed by atoms with Crippen molar-refractivity contribution in [3.05, 3.63) is 23.3 Å². The molecule has 43 heavy (non-hydrogen) atoms. The number of hydrazine groups is 1. The number of alkyl halides is 3. The van der Waals surface area contributed by atoms with Gasteiger partial charge in [-0.25, -0.2) is 15.1 Å². The van der Waals surface area contributed by atoms with E-state index in [0.717, 1.165) is 5.56 Å². The molecule has 1 aromatic carbocycles. The number of halogens is 3. The maximum absolute atomic E-state index is 14.1. The number of methoxy groups -OCH3 is 1. The van der Waals surface area contributed by atoms with E-state index in [-0.39, 0.29) is 17.9 Å². The van der Waals surface area contributed by atoms with Gasteiger partial charge in [0.15, 0.2) is 6.29 Å². The molecule has 0 radical (unpaired) electrons. The summed E-state index contributed by atoms with van der Waals surface area (Å²) in [7, 11) is 1.56. The highest BCUT2D eigenvalue weighted by Gasteiger charge is 2.62. The molecule has 4 N–H and O–H groups in total. The molecule has 3 aliphatic rings. The van der Waals surface area contributed by atoms with Crippen LogP contribution in [-0.2, 0) is 24.5 Å². The Kier molecular flexibility index (Phi) is 9.96. The zero-order valence-corrected chi connectivity index (χ0v) is 25.6. The molecule has 3 heterocycles. The fourth-order valence-corrected chi connectivity index (χ4v) is 5.95. The summed E-state index contributed by atoms with van der Waals surface area (Å²) in [6.07, 6.45) is -6.94. The Morgan fingerprint density at radius 2 is 1.84 bits per heavy atom. The first kappa shape index (κ1) is 33.4. The summed E-state index contributed by atoms with van der Waals surface area (Å²) in [5.41, 5.74) is 13.4. The molecule has 15 heteroatoms. The van der Waals surface area contributed by atoms with Gasteiger partial charge in [-0.2, -0.15) is 13.2 Å². The summed E-state index contributed by atoms with van der Waals surface area (Å²) < 4.78 is 56.7. The first-order valence-corrected chi connectivity index (χ1v) is 14.6. The summed E-state index contributed by atoms with van der Waals surface area (Å²) in [5, 5.41) is 1.47. The van der Waals surface area contributed by atoms with Crippen LogP contribution in [0.5, 0.6) is 5.75 Å². The van der Waals surface area contributed by atoms with Gasteiger partial charge in [-0.1, -0.05) is 33.1 Å². The third-order valence-corrected chi connectivity index (χ3v) is 8.15. The number of nitrogens with zero attached hydrogens (tertiary/aromatic N) is 3. The van der Waals surface area contributed by atoms with Gasteiger partial charge in [0.1, 0.15) is 12.0 Å². The zero-order valence-electron chi connectivity index (χ0n) is 25.6. The number of rotatable bonds is 9. The molecule has 0 spiro atoms. The number of nitrogens with two attached hydrogens (primary N) is 1. The predicted octanol–water partition coefficient (Wildman–Crippen LogP) is 2.54. The molecule has 0 bridgehead atoms. The molecule has 5 atom stereocenters. The Bertz CT molecular complexity index is 1170. The van der Waals surface area contributed by atoms with Gasteiger partial charge in [-0.15, -0.1) is 5.01 Å². The van der Waals surface area contributed by atoms with Crippen molar-refractivity contribution >= 4 is 17.4 Å². The standard InChI is InChI=1S/C28H44F3N6O6/c1-7-17-15-22-36(33-24(17)42-8-2)26(32)34-37(22,43-25(39)28(29,30)31)16-21(38)18-13-19(27(3,4)5)23(40-6)20(14-18)35-9-11-41-12-10-35/h13-14,17,22,24,26,33-34H,7-12,15-16,32H2,1-6H3/q+1. The number of fused-ring (bicyclic) bond motifs is 1. The molecule has 3 saturated heterocycles. The maximum Gasteiger partial charge on any atom is 0.497 e. The van der Waals surface area contributed by atoms with Gasteiger partial charge in [0.25, 0.3) is 0 Å². The number of quaternary nitrogens is 1. The van der Waals surface area contributed by atoms with Gasteiger partial charge in [0.2, 0.25) is 18.5 Å². The lowest BCUT2D eigenvalue weighted by atomic mass is 9.84. The van der Waals surface area contributed by atoms with Crippen molar-refractivity contribution < 1.29 is 46.6 Å². The Balaban J connectivity index is 1.77. The normalized spacial score (nSPS) is 28.5. The van der Waals surface area contributed by atoms with Crippen LogP contribution in [0.4, 0.5) is 18.9 Å². The van der Waals surface area contributed by atoms with Crippen LogP contribution < -0.4 is 26.2 Å². The lowest BCUT2D eigenvalue weighted by molar-refractivity contribution is -1.13. The molecule has 0 aliphatic carbocycles.